The SMILES string of the molecule is CC(CNc1nc(N)nc(-n2cccn2)n1)c1nccs1. The van der Waals surface area contributed by atoms with E-state index in [1.807, 2.05) is 5.38 Å². The van der Waals surface area contributed by atoms with E-state index in [4.69, 9.17) is 5.73 Å². The fourth-order valence-corrected chi connectivity index (χ4v) is 2.46. The fraction of sp³-hybridized carbons (Fsp3) is 0.250. The summed E-state index contributed by atoms with van der Waals surface area (Å²) >= 11 is 1.63. The van der Waals surface area contributed by atoms with E-state index in [-0.39, 0.29) is 11.9 Å². The van der Waals surface area contributed by atoms with E-state index < -0.39 is 0 Å². The Morgan fingerprint density at radius 1 is 1.33 bits per heavy atom. The Bertz CT molecular complexity index is 694. The quantitative estimate of drug-likeness (QED) is 0.731. The summed E-state index contributed by atoms with van der Waals surface area (Å²) in [4.78, 5) is 16.7. The van der Waals surface area contributed by atoms with Crippen molar-refractivity contribution in [1.82, 2.24) is 29.7 Å². The first-order chi connectivity index (χ1) is 10.2. The second-order valence-electron chi connectivity index (χ2n) is 4.42. The molecule has 3 aromatic rings. The van der Waals surface area contributed by atoms with Crippen LogP contribution in [0.25, 0.3) is 5.95 Å². The first-order valence-corrected chi connectivity index (χ1v) is 7.25. The number of anilines is 2. The maximum absolute atomic E-state index is 5.71. The second kappa shape index (κ2) is 5.83. The second-order valence-corrected chi connectivity index (χ2v) is 5.35. The zero-order valence-corrected chi connectivity index (χ0v) is 12.2. The van der Waals surface area contributed by atoms with Crippen molar-refractivity contribution in [3.8, 4) is 5.95 Å². The minimum absolute atomic E-state index is 0.153. The summed E-state index contributed by atoms with van der Waals surface area (Å²) < 4.78 is 1.54. The molecule has 0 amide bonds. The van der Waals surface area contributed by atoms with Crippen molar-refractivity contribution < 1.29 is 0 Å². The standard InChI is InChI=1S/C12H14N8S/c1-8(9-14-4-6-21-9)7-15-11-17-10(13)18-12(19-11)20-5-2-3-16-20/h2-6,8H,7H2,1H3,(H3,13,15,17,18,19). The number of hydrogen-bond donors (Lipinski definition) is 2. The highest BCUT2D eigenvalue weighted by Gasteiger charge is 2.10. The smallest absolute Gasteiger partial charge is 0.257 e. The summed E-state index contributed by atoms with van der Waals surface area (Å²) in [5.41, 5.74) is 5.71. The van der Waals surface area contributed by atoms with E-state index in [1.54, 1.807) is 36.0 Å². The molecule has 0 aliphatic carbocycles. The van der Waals surface area contributed by atoms with Gasteiger partial charge in [-0.15, -0.1) is 11.3 Å². The Labute approximate surface area is 125 Å². The molecule has 3 rings (SSSR count). The van der Waals surface area contributed by atoms with Gasteiger partial charge < -0.3 is 11.1 Å². The molecule has 0 bridgehead atoms. The molecule has 0 saturated heterocycles. The average Bonchev–Trinajstić information content (AvgIpc) is 3.16. The summed E-state index contributed by atoms with van der Waals surface area (Å²) in [7, 11) is 0. The van der Waals surface area contributed by atoms with E-state index in [0.29, 0.717) is 18.4 Å². The summed E-state index contributed by atoms with van der Waals surface area (Å²) in [6, 6.07) is 1.79. The van der Waals surface area contributed by atoms with Gasteiger partial charge in [-0.2, -0.15) is 20.1 Å². The molecular weight excluding hydrogens is 288 g/mol. The van der Waals surface area contributed by atoms with Crippen LogP contribution < -0.4 is 11.1 Å². The van der Waals surface area contributed by atoms with Crippen LogP contribution in [0, 0.1) is 0 Å². The van der Waals surface area contributed by atoms with Crippen LogP contribution in [0.3, 0.4) is 0 Å². The fourth-order valence-electron chi connectivity index (χ4n) is 1.76. The lowest BCUT2D eigenvalue weighted by Crippen LogP contribution is -2.15. The summed E-state index contributed by atoms with van der Waals surface area (Å²) in [5.74, 6) is 1.23. The summed E-state index contributed by atoms with van der Waals surface area (Å²) in [6.45, 7) is 2.75. The minimum atomic E-state index is 0.153. The van der Waals surface area contributed by atoms with Crippen LogP contribution in [-0.2, 0) is 0 Å². The topological polar surface area (TPSA) is 107 Å². The molecule has 3 N–H and O–H groups in total. The zero-order valence-electron chi connectivity index (χ0n) is 11.3. The number of rotatable bonds is 5. The van der Waals surface area contributed by atoms with Gasteiger partial charge in [0.25, 0.3) is 5.95 Å². The third kappa shape index (κ3) is 3.14. The van der Waals surface area contributed by atoms with E-state index in [2.05, 4.69) is 37.3 Å². The molecule has 0 fully saturated rings. The van der Waals surface area contributed by atoms with Crippen LogP contribution in [0.4, 0.5) is 11.9 Å². The number of aromatic nitrogens is 6. The van der Waals surface area contributed by atoms with Crippen molar-refractivity contribution in [1.29, 1.82) is 0 Å². The lowest BCUT2D eigenvalue weighted by atomic mass is 10.2. The normalized spacial score (nSPS) is 12.2. The minimum Gasteiger partial charge on any atom is -0.368 e. The lowest BCUT2D eigenvalue weighted by molar-refractivity contribution is 0.771. The highest BCUT2D eigenvalue weighted by Crippen LogP contribution is 2.17. The molecule has 3 aromatic heterocycles. The number of hydrogen-bond acceptors (Lipinski definition) is 8. The zero-order chi connectivity index (χ0) is 14.7. The molecule has 21 heavy (non-hydrogen) atoms. The number of nitrogens with one attached hydrogen (secondary N) is 1. The van der Waals surface area contributed by atoms with Crippen molar-refractivity contribution in [2.45, 2.75) is 12.8 Å². The molecule has 0 aliphatic heterocycles. The molecular formula is C12H14N8S. The first-order valence-electron chi connectivity index (χ1n) is 6.37. The summed E-state index contributed by atoms with van der Waals surface area (Å²) in [5, 5.41) is 10.3. The monoisotopic (exact) mass is 302 g/mol. The van der Waals surface area contributed by atoms with Gasteiger partial charge in [0.2, 0.25) is 11.9 Å². The summed E-state index contributed by atoms with van der Waals surface area (Å²) in [6.07, 6.45) is 5.20. The van der Waals surface area contributed by atoms with Crippen LogP contribution in [0.15, 0.2) is 30.0 Å². The Morgan fingerprint density at radius 3 is 2.95 bits per heavy atom. The molecule has 0 aromatic carbocycles. The molecule has 1 unspecified atom stereocenters. The van der Waals surface area contributed by atoms with Gasteiger partial charge in [0, 0.05) is 36.4 Å². The molecule has 0 radical (unpaired) electrons. The van der Waals surface area contributed by atoms with Crippen molar-refractivity contribution in [2.24, 2.45) is 0 Å². The molecule has 0 saturated carbocycles. The lowest BCUT2D eigenvalue weighted by Gasteiger charge is -2.10. The van der Waals surface area contributed by atoms with Gasteiger partial charge in [-0.1, -0.05) is 6.92 Å². The Morgan fingerprint density at radius 2 is 2.24 bits per heavy atom. The van der Waals surface area contributed by atoms with Crippen molar-refractivity contribution in [2.75, 3.05) is 17.6 Å². The van der Waals surface area contributed by atoms with Crippen molar-refractivity contribution in [3.05, 3.63) is 35.0 Å². The maximum Gasteiger partial charge on any atom is 0.257 e. The van der Waals surface area contributed by atoms with Crippen LogP contribution in [0.2, 0.25) is 0 Å². The number of thiazole rings is 1. The van der Waals surface area contributed by atoms with Crippen LogP contribution in [0.1, 0.15) is 17.8 Å². The van der Waals surface area contributed by atoms with Gasteiger partial charge in [0.1, 0.15) is 0 Å². The van der Waals surface area contributed by atoms with Crippen LogP contribution in [0.5, 0.6) is 0 Å². The van der Waals surface area contributed by atoms with Gasteiger partial charge in [-0.25, -0.2) is 9.67 Å². The number of nitrogens with two attached hydrogens (primary N) is 1. The van der Waals surface area contributed by atoms with Crippen LogP contribution in [-0.4, -0.2) is 36.3 Å². The van der Waals surface area contributed by atoms with E-state index >= 15 is 0 Å². The third-order valence-corrected chi connectivity index (χ3v) is 3.80. The predicted molar refractivity (Wildman–Crippen MR) is 80.4 cm³/mol. The Kier molecular flexibility index (Phi) is 3.73. The van der Waals surface area contributed by atoms with Gasteiger partial charge in [0.05, 0.1) is 5.01 Å². The number of nitrogen functional groups attached to an aromatic ring is 1. The van der Waals surface area contributed by atoms with Gasteiger partial charge in [0.15, 0.2) is 0 Å². The Hall–Kier alpha value is -2.55. The molecule has 9 heteroatoms. The molecule has 0 aliphatic rings. The molecule has 108 valence electrons. The van der Waals surface area contributed by atoms with Gasteiger partial charge in [-0.05, 0) is 6.07 Å². The van der Waals surface area contributed by atoms with E-state index in [9.17, 15) is 0 Å². The molecule has 3 heterocycles. The first kappa shape index (κ1) is 13.4. The van der Waals surface area contributed by atoms with E-state index in [0.717, 1.165) is 5.01 Å². The predicted octanol–water partition coefficient (Wildman–Crippen LogP) is 1.31. The Balaban J connectivity index is 1.74. The van der Waals surface area contributed by atoms with Crippen molar-refractivity contribution in [3.63, 3.8) is 0 Å². The van der Waals surface area contributed by atoms with Gasteiger partial charge in [-0.3, -0.25) is 0 Å². The average molecular weight is 302 g/mol. The highest BCUT2D eigenvalue weighted by molar-refractivity contribution is 7.09. The molecule has 0 spiro atoms. The maximum atomic E-state index is 5.71. The van der Waals surface area contributed by atoms with Gasteiger partial charge >= 0.3 is 0 Å². The molecule has 1 atom stereocenters. The van der Waals surface area contributed by atoms with Crippen molar-refractivity contribution >= 4 is 23.2 Å². The highest BCUT2D eigenvalue weighted by atomic mass is 32.1. The largest absolute Gasteiger partial charge is 0.368 e. The third-order valence-electron chi connectivity index (χ3n) is 2.79. The van der Waals surface area contributed by atoms with E-state index in [1.165, 1.54) is 4.68 Å². The number of nitrogens with zero attached hydrogens (tertiary/aromatic N) is 6. The van der Waals surface area contributed by atoms with Crippen LogP contribution >= 0.6 is 11.3 Å². The molecule has 8 nitrogen and oxygen atoms in total.